The summed E-state index contributed by atoms with van der Waals surface area (Å²) in [5, 5.41) is 3.28. The van der Waals surface area contributed by atoms with Crippen LogP contribution in [-0.4, -0.2) is 35.4 Å². The Morgan fingerprint density at radius 3 is 2.73 bits per heavy atom. The molecule has 1 aromatic heterocycles. The van der Waals surface area contributed by atoms with Gasteiger partial charge >= 0.3 is 0 Å². The average Bonchev–Trinajstić information content (AvgIpc) is 2.98. The van der Waals surface area contributed by atoms with Crippen LogP contribution in [0.25, 0.3) is 0 Å². The SMILES string of the molecule is CSc1cccc(C(=O)Nc2sc3c(c2C(N)=O)CCN(C(C)=O)C3)c1. The van der Waals surface area contributed by atoms with Crippen molar-refractivity contribution in [2.45, 2.75) is 24.8 Å². The highest BCUT2D eigenvalue weighted by Crippen LogP contribution is 2.37. The van der Waals surface area contributed by atoms with Crippen LogP contribution in [0, 0.1) is 0 Å². The van der Waals surface area contributed by atoms with Crippen molar-refractivity contribution in [1.29, 1.82) is 0 Å². The number of thiophene rings is 1. The zero-order valence-electron chi connectivity index (χ0n) is 14.5. The minimum Gasteiger partial charge on any atom is -0.365 e. The lowest BCUT2D eigenvalue weighted by Gasteiger charge is -2.25. The number of hydrogen-bond donors (Lipinski definition) is 2. The summed E-state index contributed by atoms with van der Waals surface area (Å²) >= 11 is 2.86. The van der Waals surface area contributed by atoms with E-state index in [1.54, 1.807) is 28.8 Å². The zero-order chi connectivity index (χ0) is 18.8. The average molecular weight is 390 g/mol. The van der Waals surface area contributed by atoms with Gasteiger partial charge in [-0.1, -0.05) is 6.07 Å². The Kier molecular flexibility index (Phi) is 5.33. The number of carbonyl (C=O) groups excluding carboxylic acids is 3. The monoisotopic (exact) mass is 389 g/mol. The van der Waals surface area contributed by atoms with E-state index in [0.717, 1.165) is 15.3 Å². The maximum atomic E-state index is 12.6. The highest BCUT2D eigenvalue weighted by atomic mass is 32.2. The quantitative estimate of drug-likeness (QED) is 0.787. The van der Waals surface area contributed by atoms with Crippen molar-refractivity contribution in [2.24, 2.45) is 5.73 Å². The van der Waals surface area contributed by atoms with Gasteiger partial charge in [0.15, 0.2) is 0 Å². The zero-order valence-corrected chi connectivity index (χ0v) is 16.1. The molecule has 3 rings (SSSR count). The summed E-state index contributed by atoms with van der Waals surface area (Å²) in [6.07, 6.45) is 2.50. The lowest BCUT2D eigenvalue weighted by Crippen LogP contribution is -2.34. The molecule has 3 N–H and O–H groups in total. The Hall–Kier alpha value is -2.32. The van der Waals surface area contributed by atoms with E-state index < -0.39 is 5.91 Å². The topological polar surface area (TPSA) is 92.5 Å². The Labute approximate surface area is 159 Å². The molecule has 0 aliphatic carbocycles. The Balaban J connectivity index is 1.91. The lowest BCUT2D eigenvalue weighted by atomic mass is 10.0. The van der Waals surface area contributed by atoms with Crippen molar-refractivity contribution >= 4 is 45.8 Å². The molecule has 6 nitrogen and oxygen atoms in total. The number of nitrogens with two attached hydrogens (primary N) is 1. The minimum atomic E-state index is -0.563. The van der Waals surface area contributed by atoms with Crippen LogP contribution in [0.2, 0.25) is 0 Å². The van der Waals surface area contributed by atoms with Gasteiger partial charge in [-0.25, -0.2) is 0 Å². The summed E-state index contributed by atoms with van der Waals surface area (Å²) in [5.41, 5.74) is 7.29. The van der Waals surface area contributed by atoms with E-state index in [4.69, 9.17) is 5.73 Å². The Bertz CT molecular complexity index is 892. The molecule has 136 valence electrons. The molecule has 0 unspecified atom stereocenters. The van der Waals surface area contributed by atoms with Gasteiger partial charge in [-0.3, -0.25) is 14.4 Å². The maximum Gasteiger partial charge on any atom is 0.256 e. The molecule has 0 bridgehead atoms. The number of fused-ring (bicyclic) bond motifs is 1. The van der Waals surface area contributed by atoms with E-state index in [-0.39, 0.29) is 11.8 Å². The molecule has 26 heavy (non-hydrogen) atoms. The first-order valence-corrected chi connectivity index (χ1v) is 10.1. The van der Waals surface area contributed by atoms with Gasteiger partial charge in [0.1, 0.15) is 5.00 Å². The van der Waals surface area contributed by atoms with Crippen LogP contribution in [0.4, 0.5) is 5.00 Å². The van der Waals surface area contributed by atoms with Crippen LogP contribution < -0.4 is 11.1 Å². The van der Waals surface area contributed by atoms with Crippen LogP contribution in [0.5, 0.6) is 0 Å². The molecular weight excluding hydrogens is 370 g/mol. The van der Waals surface area contributed by atoms with Crippen molar-refractivity contribution in [3.63, 3.8) is 0 Å². The second-order valence-corrected chi connectivity index (χ2v) is 7.93. The second kappa shape index (κ2) is 7.51. The molecule has 1 aliphatic heterocycles. The highest BCUT2D eigenvalue weighted by Gasteiger charge is 2.28. The van der Waals surface area contributed by atoms with E-state index in [1.165, 1.54) is 18.3 Å². The lowest BCUT2D eigenvalue weighted by molar-refractivity contribution is -0.129. The second-order valence-electron chi connectivity index (χ2n) is 5.95. The number of rotatable bonds is 4. The fourth-order valence-electron chi connectivity index (χ4n) is 2.96. The third-order valence-corrected chi connectivity index (χ3v) is 6.17. The molecule has 1 aromatic carbocycles. The number of hydrogen-bond acceptors (Lipinski definition) is 5. The van der Waals surface area contributed by atoms with E-state index in [9.17, 15) is 14.4 Å². The van der Waals surface area contributed by atoms with Crippen LogP contribution in [0.3, 0.4) is 0 Å². The molecule has 0 saturated carbocycles. The van der Waals surface area contributed by atoms with Gasteiger partial charge in [0.05, 0.1) is 12.1 Å². The molecule has 8 heteroatoms. The first-order valence-electron chi connectivity index (χ1n) is 8.06. The molecule has 0 fully saturated rings. The van der Waals surface area contributed by atoms with Gasteiger partial charge < -0.3 is 16.0 Å². The minimum absolute atomic E-state index is 0.0101. The van der Waals surface area contributed by atoms with Crippen molar-refractivity contribution in [3.05, 3.63) is 45.8 Å². The van der Waals surface area contributed by atoms with Crippen molar-refractivity contribution in [2.75, 3.05) is 18.1 Å². The highest BCUT2D eigenvalue weighted by molar-refractivity contribution is 7.98. The maximum absolute atomic E-state index is 12.6. The normalized spacial score (nSPS) is 13.2. The van der Waals surface area contributed by atoms with Crippen LogP contribution in [-0.2, 0) is 17.8 Å². The fraction of sp³-hybridized carbons (Fsp3) is 0.278. The fourth-order valence-corrected chi connectivity index (χ4v) is 4.68. The van der Waals surface area contributed by atoms with E-state index in [2.05, 4.69) is 5.32 Å². The smallest absolute Gasteiger partial charge is 0.256 e. The Morgan fingerprint density at radius 1 is 1.31 bits per heavy atom. The van der Waals surface area contributed by atoms with Crippen LogP contribution >= 0.6 is 23.1 Å². The number of nitrogens with zero attached hydrogens (tertiary/aromatic N) is 1. The van der Waals surface area contributed by atoms with E-state index in [1.807, 2.05) is 18.4 Å². The molecule has 0 radical (unpaired) electrons. The van der Waals surface area contributed by atoms with Crippen LogP contribution in [0.15, 0.2) is 29.2 Å². The van der Waals surface area contributed by atoms with Gasteiger partial charge in [0.2, 0.25) is 5.91 Å². The summed E-state index contributed by atoms with van der Waals surface area (Å²) in [6, 6.07) is 7.27. The molecule has 0 spiro atoms. The molecule has 1 aliphatic rings. The number of carbonyl (C=O) groups is 3. The number of benzene rings is 1. The molecular formula is C18H19N3O3S2. The predicted molar refractivity (Wildman–Crippen MR) is 104 cm³/mol. The van der Waals surface area contributed by atoms with Crippen molar-refractivity contribution in [3.8, 4) is 0 Å². The van der Waals surface area contributed by atoms with Crippen molar-refractivity contribution < 1.29 is 14.4 Å². The van der Waals surface area contributed by atoms with Gasteiger partial charge in [0.25, 0.3) is 11.8 Å². The number of nitrogens with one attached hydrogen (secondary N) is 1. The summed E-state index contributed by atoms with van der Waals surface area (Å²) < 4.78 is 0. The standard InChI is InChI=1S/C18H19N3O3S2/c1-10(22)21-7-6-13-14(9-21)26-18(15(13)16(19)23)20-17(24)11-4-3-5-12(8-11)25-2/h3-5,8H,6-7,9H2,1-2H3,(H2,19,23)(H,20,24). The van der Waals surface area contributed by atoms with Crippen molar-refractivity contribution in [1.82, 2.24) is 4.90 Å². The molecule has 3 amide bonds. The first-order chi connectivity index (χ1) is 12.4. The van der Waals surface area contributed by atoms with E-state index >= 15 is 0 Å². The number of primary amides is 1. The largest absolute Gasteiger partial charge is 0.365 e. The third-order valence-electron chi connectivity index (χ3n) is 4.31. The summed E-state index contributed by atoms with van der Waals surface area (Å²) in [5.74, 6) is -0.860. The summed E-state index contributed by atoms with van der Waals surface area (Å²) in [6.45, 7) is 2.50. The van der Waals surface area contributed by atoms with Gasteiger partial charge in [-0.15, -0.1) is 23.1 Å². The molecule has 0 saturated heterocycles. The summed E-state index contributed by atoms with van der Waals surface area (Å²) in [7, 11) is 0. The van der Waals surface area contributed by atoms with Crippen LogP contribution in [0.1, 0.15) is 38.1 Å². The van der Waals surface area contributed by atoms with Gasteiger partial charge in [-0.05, 0) is 36.4 Å². The molecule has 0 atom stereocenters. The van der Waals surface area contributed by atoms with Gasteiger partial charge in [-0.2, -0.15) is 0 Å². The predicted octanol–water partition coefficient (Wildman–Crippen LogP) is 2.73. The molecule has 2 aromatic rings. The summed E-state index contributed by atoms with van der Waals surface area (Å²) in [4.78, 5) is 39.8. The number of thioether (sulfide) groups is 1. The molecule has 2 heterocycles. The number of amides is 3. The van der Waals surface area contributed by atoms with Gasteiger partial charge in [0, 0.05) is 28.8 Å². The Morgan fingerprint density at radius 2 is 2.08 bits per heavy atom. The van der Waals surface area contributed by atoms with E-state index in [0.29, 0.717) is 35.6 Å². The third kappa shape index (κ3) is 3.61. The number of anilines is 1. The first kappa shape index (κ1) is 18.5.